The Morgan fingerprint density at radius 2 is 1.85 bits per heavy atom. The molecule has 2 aromatic rings. The lowest BCUT2D eigenvalue weighted by Crippen LogP contribution is -2.38. The van der Waals surface area contributed by atoms with Gasteiger partial charge in [-0.2, -0.15) is 0 Å². The predicted octanol–water partition coefficient (Wildman–Crippen LogP) is 3.56. The highest BCUT2D eigenvalue weighted by molar-refractivity contribution is 5.93. The van der Waals surface area contributed by atoms with E-state index in [2.05, 4.69) is 40.5 Å². The third-order valence-corrected chi connectivity index (χ3v) is 4.81. The zero-order valence-electron chi connectivity index (χ0n) is 15.4. The largest absolute Gasteiger partial charge is 0.496 e. The van der Waals surface area contributed by atoms with E-state index >= 15 is 0 Å². The molecule has 1 aliphatic rings. The van der Waals surface area contributed by atoms with Gasteiger partial charge in [0.1, 0.15) is 11.3 Å². The van der Waals surface area contributed by atoms with Crippen LogP contribution in [-0.4, -0.2) is 44.2 Å². The molecule has 138 valence electrons. The first-order chi connectivity index (χ1) is 12.7. The summed E-state index contributed by atoms with van der Waals surface area (Å²) in [6.07, 6.45) is 2.18. The van der Waals surface area contributed by atoms with Crippen LogP contribution in [0.5, 0.6) is 5.75 Å². The summed E-state index contributed by atoms with van der Waals surface area (Å²) >= 11 is 0. The fraction of sp³-hybridized carbons (Fsp3) is 0.381. The molecule has 26 heavy (non-hydrogen) atoms. The normalized spacial score (nSPS) is 15.5. The second-order valence-corrected chi connectivity index (χ2v) is 6.59. The van der Waals surface area contributed by atoms with Gasteiger partial charge >= 0.3 is 5.97 Å². The summed E-state index contributed by atoms with van der Waals surface area (Å²) in [5, 5.41) is 3.57. The van der Waals surface area contributed by atoms with Gasteiger partial charge in [0.15, 0.2) is 0 Å². The molecule has 0 aliphatic carbocycles. The second-order valence-electron chi connectivity index (χ2n) is 6.59. The second kappa shape index (κ2) is 8.72. The Morgan fingerprint density at radius 1 is 1.12 bits per heavy atom. The van der Waals surface area contributed by atoms with Crippen LogP contribution in [0.25, 0.3) is 0 Å². The number of hydrogen-bond acceptors (Lipinski definition) is 5. The highest BCUT2D eigenvalue weighted by Gasteiger charge is 2.20. The van der Waals surface area contributed by atoms with Crippen LogP contribution >= 0.6 is 0 Å². The molecule has 0 spiro atoms. The van der Waals surface area contributed by atoms with Crippen LogP contribution in [0, 0.1) is 0 Å². The zero-order chi connectivity index (χ0) is 18.4. The summed E-state index contributed by atoms with van der Waals surface area (Å²) in [5.41, 5.74) is 2.77. The van der Waals surface area contributed by atoms with Crippen LogP contribution in [0.1, 0.15) is 28.8 Å². The standard InChI is InChI=1S/C21H26N2O3/c1-25-20-14-18(8-9-19(20)21(24)26-2)22-17-10-12-23(13-11-17)15-16-6-4-3-5-7-16/h3-9,14,17,22H,10-13,15H2,1-2H3. The van der Waals surface area contributed by atoms with E-state index in [9.17, 15) is 4.79 Å². The molecule has 1 heterocycles. The van der Waals surface area contributed by atoms with Gasteiger partial charge in [0.25, 0.3) is 0 Å². The molecule has 5 nitrogen and oxygen atoms in total. The third kappa shape index (κ3) is 4.55. The Balaban J connectivity index is 1.55. The van der Waals surface area contributed by atoms with Gasteiger partial charge in [0.05, 0.1) is 14.2 Å². The van der Waals surface area contributed by atoms with E-state index in [4.69, 9.17) is 9.47 Å². The van der Waals surface area contributed by atoms with Crippen molar-refractivity contribution >= 4 is 11.7 Å². The molecular weight excluding hydrogens is 328 g/mol. The summed E-state index contributed by atoms with van der Waals surface area (Å²) < 4.78 is 10.1. The van der Waals surface area contributed by atoms with Gasteiger partial charge in [0, 0.05) is 37.4 Å². The fourth-order valence-corrected chi connectivity index (χ4v) is 3.37. The zero-order valence-corrected chi connectivity index (χ0v) is 15.4. The van der Waals surface area contributed by atoms with Gasteiger partial charge in [-0.1, -0.05) is 30.3 Å². The number of esters is 1. The molecule has 0 saturated carbocycles. The molecule has 1 fully saturated rings. The first-order valence-corrected chi connectivity index (χ1v) is 8.98. The SMILES string of the molecule is COC(=O)c1ccc(NC2CCN(Cc3ccccc3)CC2)cc1OC. The maximum atomic E-state index is 11.8. The lowest BCUT2D eigenvalue weighted by atomic mass is 10.0. The number of piperidine rings is 1. The highest BCUT2D eigenvalue weighted by Crippen LogP contribution is 2.26. The third-order valence-electron chi connectivity index (χ3n) is 4.81. The average Bonchev–Trinajstić information content (AvgIpc) is 2.69. The number of methoxy groups -OCH3 is 2. The van der Waals surface area contributed by atoms with Crippen LogP contribution in [-0.2, 0) is 11.3 Å². The topological polar surface area (TPSA) is 50.8 Å². The minimum atomic E-state index is -0.386. The van der Waals surface area contributed by atoms with E-state index in [1.54, 1.807) is 13.2 Å². The average molecular weight is 354 g/mol. The van der Waals surface area contributed by atoms with Crippen LogP contribution in [0.4, 0.5) is 5.69 Å². The minimum absolute atomic E-state index is 0.386. The molecule has 1 N–H and O–H groups in total. The first kappa shape index (κ1) is 18.3. The molecule has 1 saturated heterocycles. The lowest BCUT2D eigenvalue weighted by molar-refractivity contribution is 0.0597. The fourth-order valence-electron chi connectivity index (χ4n) is 3.37. The number of carbonyl (C=O) groups is 1. The number of benzene rings is 2. The summed E-state index contributed by atoms with van der Waals surface area (Å²) in [5.74, 6) is 0.144. The number of carbonyl (C=O) groups excluding carboxylic acids is 1. The molecule has 2 aromatic carbocycles. The van der Waals surface area contributed by atoms with Gasteiger partial charge in [-0.25, -0.2) is 4.79 Å². The van der Waals surface area contributed by atoms with E-state index in [1.165, 1.54) is 12.7 Å². The molecule has 5 heteroatoms. The molecule has 0 bridgehead atoms. The van der Waals surface area contributed by atoms with Crippen molar-refractivity contribution in [1.82, 2.24) is 4.90 Å². The molecule has 1 aliphatic heterocycles. The Bertz CT molecular complexity index is 725. The summed E-state index contributed by atoms with van der Waals surface area (Å²) in [6.45, 7) is 3.16. The smallest absolute Gasteiger partial charge is 0.341 e. The summed E-state index contributed by atoms with van der Waals surface area (Å²) in [6, 6.07) is 16.5. The van der Waals surface area contributed by atoms with Crippen LogP contribution in [0.15, 0.2) is 48.5 Å². The van der Waals surface area contributed by atoms with E-state index in [-0.39, 0.29) is 5.97 Å². The minimum Gasteiger partial charge on any atom is -0.496 e. The van der Waals surface area contributed by atoms with Crippen molar-refractivity contribution in [3.63, 3.8) is 0 Å². The summed E-state index contributed by atoms with van der Waals surface area (Å²) in [7, 11) is 2.94. The Morgan fingerprint density at radius 3 is 2.50 bits per heavy atom. The summed E-state index contributed by atoms with van der Waals surface area (Å²) in [4.78, 5) is 14.2. The molecule has 0 aromatic heterocycles. The van der Waals surface area contributed by atoms with Crippen molar-refractivity contribution in [2.24, 2.45) is 0 Å². The van der Waals surface area contributed by atoms with Crippen molar-refractivity contribution in [2.45, 2.75) is 25.4 Å². The van der Waals surface area contributed by atoms with Gasteiger partial charge in [0.2, 0.25) is 0 Å². The van der Waals surface area contributed by atoms with Gasteiger partial charge in [-0.05, 0) is 30.5 Å². The van der Waals surface area contributed by atoms with Crippen molar-refractivity contribution in [2.75, 3.05) is 32.6 Å². The highest BCUT2D eigenvalue weighted by atomic mass is 16.5. The Hall–Kier alpha value is -2.53. The number of ether oxygens (including phenoxy) is 2. The Kier molecular flexibility index (Phi) is 6.12. The number of nitrogens with zero attached hydrogens (tertiary/aromatic N) is 1. The van der Waals surface area contributed by atoms with E-state index in [0.717, 1.165) is 38.2 Å². The number of rotatable bonds is 6. The lowest BCUT2D eigenvalue weighted by Gasteiger charge is -2.33. The predicted molar refractivity (Wildman–Crippen MR) is 103 cm³/mol. The van der Waals surface area contributed by atoms with Gasteiger partial charge in [-0.15, -0.1) is 0 Å². The van der Waals surface area contributed by atoms with E-state index in [1.807, 2.05) is 12.1 Å². The first-order valence-electron chi connectivity index (χ1n) is 8.98. The molecule has 0 radical (unpaired) electrons. The van der Waals surface area contributed by atoms with Gasteiger partial charge < -0.3 is 14.8 Å². The number of nitrogens with one attached hydrogen (secondary N) is 1. The van der Waals surface area contributed by atoms with Crippen molar-refractivity contribution in [1.29, 1.82) is 0 Å². The maximum absolute atomic E-state index is 11.8. The molecule has 3 rings (SSSR count). The van der Waals surface area contributed by atoms with Crippen LogP contribution in [0.3, 0.4) is 0 Å². The Labute approximate surface area is 154 Å². The number of anilines is 1. The molecule has 0 unspecified atom stereocenters. The van der Waals surface area contributed by atoms with Crippen molar-refractivity contribution in [3.8, 4) is 5.75 Å². The maximum Gasteiger partial charge on any atom is 0.341 e. The quantitative estimate of drug-likeness (QED) is 0.804. The molecular formula is C21H26N2O3. The number of likely N-dealkylation sites (tertiary alicyclic amines) is 1. The molecule has 0 amide bonds. The van der Waals surface area contributed by atoms with Crippen molar-refractivity contribution in [3.05, 3.63) is 59.7 Å². The van der Waals surface area contributed by atoms with Crippen molar-refractivity contribution < 1.29 is 14.3 Å². The molecule has 0 atom stereocenters. The van der Waals surface area contributed by atoms with Gasteiger partial charge in [-0.3, -0.25) is 4.90 Å². The van der Waals surface area contributed by atoms with Crippen LogP contribution in [0.2, 0.25) is 0 Å². The monoisotopic (exact) mass is 354 g/mol. The number of hydrogen-bond donors (Lipinski definition) is 1. The van der Waals surface area contributed by atoms with E-state index < -0.39 is 0 Å². The van der Waals surface area contributed by atoms with Crippen LogP contribution < -0.4 is 10.1 Å². The van der Waals surface area contributed by atoms with E-state index in [0.29, 0.717) is 17.4 Å².